The predicted molar refractivity (Wildman–Crippen MR) is 119 cm³/mol. The molecule has 0 fully saturated rings. The Morgan fingerprint density at radius 1 is 1.25 bits per heavy atom. The van der Waals surface area contributed by atoms with Gasteiger partial charge in [-0.3, -0.25) is 18.7 Å². The molecule has 0 saturated carbocycles. The van der Waals surface area contributed by atoms with Crippen molar-refractivity contribution in [3.8, 4) is 17.0 Å². The van der Waals surface area contributed by atoms with Gasteiger partial charge in [-0.05, 0) is 12.1 Å². The number of aliphatic hydroxyl groups is 1. The van der Waals surface area contributed by atoms with Gasteiger partial charge in [0.15, 0.2) is 16.3 Å². The minimum Gasteiger partial charge on any atom is -0.491 e. The fourth-order valence-corrected chi connectivity index (χ4v) is 3.94. The monoisotopic (exact) mass is 456 g/mol. The van der Waals surface area contributed by atoms with Crippen molar-refractivity contribution >= 4 is 33.5 Å². The Kier molecular flexibility index (Phi) is 5.88. The molecule has 32 heavy (non-hydrogen) atoms. The molecule has 0 spiro atoms. The van der Waals surface area contributed by atoms with Crippen LogP contribution in [0.25, 0.3) is 22.4 Å². The number of aliphatic hydroxyl groups excluding tert-OH is 1. The number of carbonyl (C=O) groups excluding carboxylic acids is 1. The summed E-state index contributed by atoms with van der Waals surface area (Å²) >= 11 is 1.26. The summed E-state index contributed by atoms with van der Waals surface area (Å²) in [6.07, 6.45) is 1.36. The van der Waals surface area contributed by atoms with Gasteiger partial charge in [-0.15, -0.1) is 11.3 Å². The molecule has 3 heterocycles. The minimum atomic E-state index is -0.520. The first-order valence-electron chi connectivity index (χ1n) is 9.59. The van der Waals surface area contributed by atoms with E-state index in [-0.39, 0.29) is 36.8 Å². The van der Waals surface area contributed by atoms with Crippen molar-refractivity contribution in [1.82, 2.24) is 23.7 Å². The summed E-state index contributed by atoms with van der Waals surface area (Å²) in [6, 6.07) is 7.26. The number of amides is 1. The first-order chi connectivity index (χ1) is 15.4. The Hall–Kier alpha value is -3.77. The van der Waals surface area contributed by atoms with Crippen molar-refractivity contribution in [2.75, 3.05) is 18.5 Å². The fraction of sp³-hybridized carbons (Fsp3) is 0.250. The van der Waals surface area contributed by atoms with Gasteiger partial charge in [0.25, 0.3) is 5.56 Å². The molecular weight excluding hydrogens is 436 g/mol. The smallest absolute Gasteiger partial charge is 0.332 e. The molecule has 0 aliphatic heterocycles. The van der Waals surface area contributed by atoms with Crippen LogP contribution in [0.4, 0.5) is 5.13 Å². The maximum absolute atomic E-state index is 12.6. The highest BCUT2D eigenvalue weighted by atomic mass is 32.1. The minimum absolute atomic E-state index is 0.0777. The van der Waals surface area contributed by atoms with E-state index in [1.165, 1.54) is 40.9 Å². The van der Waals surface area contributed by atoms with Crippen LogP contribution in [-0.2, 0) is 25.4 Å². The van der Waals surface area contributed by atoms with Gasteiger partial charge in [0.2, 0.25) is 5.91 Å². The number of carbonyl (C=O) groups is 1. The fourth-order valence-electron chi connectivity index (χ4n) is 3.20. The van der Waals surface area contributed by atoms with Crippen LogP contribution in [0.5, 0.6) is 5.75 Å². The van der Waals surface area contributed by atoms with Gasteiger partial charge in [0, 0.05) is 25.0 Å². The van der Waals surface area contributed by atoms with E-state index in [9.17, 15) is 14.4 Å². The molecule has 0 bridgehead atoms. The highest BCUT2D eigenvalue weighted by Crippen LogP contribution is 2.27. The van der Waals surface area contributed by atoms with Crippen LogP contribution in [0.2, 0.25) is 0 Å². The van der Waals surface area contributed by atoms with Crippen molar-refractivity contribution in [2.24, 2.45) is 14.1 Å². The molecule has 0 saturated heterocycles. The van der Waals surface area contributed by atoms with E-state index in [4.69, 9.17) is 9.84 Å². The van der Waals surface area contributed by atoms with Crippen molar-refractivity contribution in [3.63, 3.8) is 0 Å². The van der Waals surface area contributed by atoms with E-state index >= 15 is 0 Å². The van der Waals surface area contributed by atoms with Crippen molar-refractivity contribution in [1.29, 1.82) is 0 Å². The molecule has 12 heteroatoms. The van der Waals surface area contributed by atoms with Gasteiger partial charge in [-0.25, -0.2) is 14.8 Å². The zero-order chi connectivity index (χ0) is 22.8. The van der Waals surface area contributed by atoms with Gasteiger partial charge in [-0.2, -0.15) is 0 Å². The number of aryl methyl sites for hydroxylation is 1. The highest BCUT2D eigenvalue weighted by molar-refractivity contribution is 7.14. The zero-order valence-corrected chi connectivity index (χ0v) is 18.1. The van der Waals surface area contributed by atoms with Gasteiger partial charge in [0.05, 0.1) is 18.6 Å². The summed E-state index contributed by atoms with van der Waals surface area (Å²) in [6.45, 7) is -0.0446. The van der Waals surface area contributed by atoms with E-state index in [1.807, 2.05) is 12.1 Å². The molecule has 0 unspecified atom stereocenters. The Morgan fingerprint density at radius 3 is 2.84 bits per heavy atom. The Labute approximate surface area is 185 Å². The summed E-state index contributed by atoms with van der Waals surface area (Å²) in [5.74, 6) is 0.222. The molecule has 0 atom stereocenters. The van der Waals surface area contributed by atoms with E-state index in [0.717, 1.165) is 10.1 Å². The van der Waals surface area contributed by atoms with Gasteiger partial charge >= 0.3 is 5.69 Å². The maximum Gasteiger partial charge on any atom is 0.332 e. The summed E-state index contributed by atoms with van der Waals surface area (Å²) in [7, 11) is 2.89. The van der Waals surface area contributed by atoms with Crippen LogP contribution in [0.3, 0.4) is 0 Å². The third-order valence-electron chi connectivity index (χ3n) is 4.77. The Balaban J connectivity index is 1.51. The standard InChI is InChI=1S/C20H20N6O5S/c1-24-17-16(18(29)25(2)20(24)30)26(11-21-17)9-15(28)23-19-22-14(10-32-19)12-4-3-5-13(8-12)31-7-6-27/h3-5,8,10-11,27H,6-7,9H2,1-2H3,(H,22,23,28). The van der Waals surface area contributed by atoms with Crippen molar-refractivity contribution < 1.29 is 14.6 Å². The SMILES string of the molecule is Cn1c(=O)c2c(ncn2CC(=O)Nc2nc(-c3cccc(OCCO)c3)cs2)n(C)c1=O. The molecule has 4 aromatic rings. The third kappa shape index (κ3) is 4.05. The molecular formula is C20H20N6O5S. The molecule has 1 aromatic carbocycles. The van der Waals surface area contributed by atoms with Gasteiger partial charge < -0.3 is 19.7 Å². The van der Waals surface area contributed by atoms with Crippen molar-refractivity contribution in [2.45, 2.75) is 6.54 Å². The average molecular weight is 456 g/mol. The number of aromatic nitrogens is 5. The van der Waals surface area contributed by atoms with Gasteiger partial charge in [0.1, 0.15) is 18.9 Å². The molecule has 4 rings (SSSR count). The van der Waals surface area contributed by atoms with Crippen LogP contribution < -0.4 is 21.3 Å². The number of fused-ring (bicyclic) bond motifs is 1. The second kappa shape index (κ2) is 8.77. The molecule has 0 aliphatic rings. The topological polar surface area (TPSA) is 133 Å². The second-order valence-corrected chi connectivity index (χ2v) is 7.79. The second-order valence-electron chi connectivity index (χ2n) is 6.94. The first kappa shape index (κ1) is 21.5. The molecule has 11 nitrogen and oxygen atoms in total. The number of ether oxygens (including phenoxy) is 1. The van der Waals surface area contributed by atoms with Gasteiger partial charge in [-0.1, -0.05) is 12.1 Å². The average Bonchev–Trinajstić information content (AvgIpc) is 3.42. The summed E-state index contributed by atoms with van der Waals surface area (Å²) in [5.41, 5.74) is 0.848. The number of nitrogens with one attached hydrogen (secondary N) is 1. The molecule has 0 radical (unpaired) electrons. The lowest BCUT2D eigenvalue weighted by Gasteiger charge is -2.06. The quantitative estimate of drug-likeness (QED) is 0.415. The third-order valence-corrected chi connectivity index (χ3v) is 5.53. The molecule has 3 aromatic heterocycles. The van der Waals surface area contributed by atoms with Crippen LogP contribution in [0.15, 0.2) is 45.6 Å². The summed E-state index contributed by atoms with van der Waals surface area (Å²) in [4.78, 5) is 45.7. The highest BCUT2D eigenvalue weighted by Gasteiger charge is 2.16. The number of hydrogen-bond donors (Lipinski definition) is 2. The molecule has 166 valence electrons. The lowest BCUT2D eigenvalue weighted by molar-refractivity contribution is -0.116. The molecule has 0 aliphatic carbocycles. The number of anilines is 1. The van der Waals surface area contributed by atoms with Crippen LogP contribution in [-0.4, -0.2) is 47.9 Å². The predicted octanol–water partition coefficient (Wildman–Crippen LogP) is 0.567. The number of benzene rings is 1. The van der Waals surface area contributed by atoms with E-state index < -0.39 is 11.2 Å². The number of rotatable bonds is 7. The number of hydrogen-bond acceptors (Lipinski definition) is 8. The normalized spacial score (nSPS) is 11.1. The summed E-state index contributed by atoms with van der Waals surface area (Å²) in [5, 5.41) is 13.8. The number of nitrogens with zero attached hydrogens (tertiary/aromatic N) is 5. The van der Waals surface area contributed by atoms with E-state index in [1.54, 1.807) is 17.5 Å². The van der Waals surface area contributed by atoms with E-state index in [2.05, 4.69) is 15.3 Å². The van der Waals surface area contributed by atoms with Crippen LogP contribution in [0, 0.1) is 0 Å². The number of thiazole rings is 1. The van der Waals surface area contributed by atoms with E-state index in [0.29, 0.717) is 16.6 Å². The lowest BCUT2D eigenvalue weighted by Crippen LogP contribution is -2.37. The Morgan fingerprint density at radius 2 is 2.06 bits per heavy atom. The van der Waals surface area contributed by atoms with Crippen LogP contribution >= 0.6 is 11.3 Å². The van der Waals surface area contributed by atoms with Crippen molar-refractivity contribution in [3.05, 3.63) is 56.8 Å². The first-order valence-corrected chi connectivity index (χ1v) is 10.5. The largest absolute Gasteiger partial charge is 0.491 e. The molecule has 2 N–H and O–H groups in total. The summed E-state index contributed by atoms with van der Waals surface area (Å²) < 4.78 is 9.06. The maximum atomic E-state index is 12.6. The Bertz CT molecular complexity index is 1420. The lowest BCUT2D eigenvalue weighted by atomic mass is 10.2. The van der Waals surface area contributed by atoms with Crippen LogP contribution in [0.1, 0.15) is 0 Å². The zero-order valence-electron chi connectivity index (χ0n) is 17.3. The molecule has 1 amide bonds. The number of imidazole rings is 1.